The van der Waals surface area contributed by atoms with Gasteiger partial charge in [-0.05, 0) is 42.5 Å². The number of aliphatic hydroxyl groups is 1. The van der Waals surface area contributed by atoms with Gasteiger partial charge in [-0.1, -0.05) is 60.2 Å². The van der Waals surface area contributed by atoms with E-state index in [1.54, 1.807) is 6.08 Å². The second-order valence-corrected chi connectivity index (χ2v) is 8.12. The number of carbonyl (C=O) groups is 3. The summed E-state index contributed by atoms with van der Waals surface area (Å²) in [5, 5.41) is 23.0. The van der Waals surface area contributed by atoms with E-state index in [4.69, 9.17) is 9.84 Å². The summed E-state index contributed by atoms with van der Waals surface area (Å²) >= 11 is 0. The molecule has 2 atom stereocenters. The molecular formula is C25H28N2O6. The molecule has 0 bridgehead atoms. The maximum atomic E-state index is 12.6. The third kappa shape index (κ3) is 5.78. The van der Waals surface area contributed by atoms with Crippen LogP contribution in [-0.4, -0.2) is 53.5 Å². The summed E-state index contributed by atoms with van der Waals surface area (Å²) in [6.45, 7) is 3.01. The molecule has 0 heterocycles. The third-order valence-corrected chi connectivity index (χ3v) is 5.51. The van der Waals surface area contributed by atoms with Crippen LogP contribution in [-0.2, 0) is 14.3 Å². The zero-order chi connectivity index (χ0) is 24.0. The summed E-state index contributed by atoms with van der Waals surface area (Å²) in [6.07, 6.45) is 1.12. The van der Waals surface area contributed by atoms with Gasteiger partial charge in [0, 0.05) is 5.92 Å². The molecule has 2 aromatic rings. The number of rotatable bonds is 9. The fourth-order valence-corrected chi connectivity index (χ4v) is 3.83. The maximum absolute atomic E-state index is 12.6. The van der Waals surface area contributed by atoms with Crippen LogP contribution in [0.25, 0.3) is 11.1 Å². The topological polar surface area (TPSA) is 125 Å². The Morgan fingerprint density at radius 3 is 2.06 bits per heavy atom. The lowest BCUT2D eigenvalue weighted by Gasteiger charge is -2.20. The molecule has 0 saturated carbocycles. The molecule has 3 rings (SSSR count). The van der Waals surface area contributed by atoms with Crippen molar-refractivity contribution in [3.8, 4) is 11.1 Å². The lowest BCUT2D eigenvalue weighted by molar-refractivity contribution is -0.143. The van der Waals surface area contributed by atoms with Gasteiger partial charge in [-0.2, -0.15) is 0 Å². The SMILES string of the molecule is CC(C)=CCC(NC(=O)OCC1c2ccccc2-c2ccccc21)C(=O)N[C@H](CO)C(=O)O. The third-order valence-electron chi connectivity index (χ3n) is 5.51. The lowest BCUT2D eigenvalue weighted by atomic mass is 9.98. The highest BCUT2D eigenvalue weighted by molar-refractivity contribution is 5.89. The van der Waals surface area contributed by atoms with E-state index in [1.807, 2.05) is 62.4 Å². The minimum absolute atomic E-state index is 0.0885. The Morgan fingerprint density at radius 2 is 1.55 bits per heavy atom. The Morgan fingerprint density at radius 1 is 0.970 bits per heavy atom. The molecule has 0 spiro atoms. The molecule has 0 aliphatic heterocycles. The van der Waals surface area contributed by atoms with Crippen molar-refractivity contribution in [1.82, 2.24) is 10.6 Å². The number of amides is 2. The van der Waals surface area contributed by atoms with Crippen LogP contribution >= 0.6 is 0 Å². The summed E-state index contributed by atoms with van der Waals surface area (Å²) in [5.74, 6) is -2.21. The maximum Gasteiger partial charge on any atom is 0.407 e. The van der Waals surface area contributed by atoms with E-state index in [0.717, 1.165) is 27.8 Å². The number of carboxylic acid groups (broad SMARTS) is 1. The van der Waals surface area contributed by atoms with Crippen LogP contribution in [0.4, 0.5) is 4.79 Å². The van der Waals surface area contributed by atoms with E-state index >= 15 is 0 Å². The zero-order valence-electron chi connectivity index (χ0n) is 18.6. The van der Waals surface area contributed by atoms with Crippen LogP contribution in [0.2, 0.25) is 0 Å². The first-order chi connectivity index (χ1) is 15.8. The molecule has 33 heavy (non-hydrogen) atoms. The Labute approximate surface area is 192 Å². The van der Waals surface area contributed by atoms with Crippen LogP contribution in [0.1, 0.15) is 37.3 Å². The second-order valence-electron chi connectivity index (χ2n) is 8.12. The first-order valence-corrected chi connectivity index (χ1v) is 10.7. The molecule has 1 unspecified atom stereocenters. The first-order valence-electron chi connectivity index (χ1n) is 10.7. The van der Waals surface area contributed by atoms with Gasteiger partial charge in [-0.3, -0.25) is 4.79 Å². The minimum atomic E-state index is -1.46. The zero-order valence-corrected chi connectivity index (χ0v) is 18.6. The van der Waals surface area contributed by atoms with Crippen LogP contribution in [0.15, 0.2) is 60.2 Å². The number of hydrogen-bond acceptors (Lipinski definition) is 5. The van der Waals surface area contributed by atoms with E-state index in [9.17, 15) is 19.5 Å². The second kappa shape index (κ2) is 10.8. The fraction of sp³-hybridized carbons (Fsp3) is 0.320. The van der Waals surface area contributed by atoms with Gasteiger partial charge < -0.3 is 25.6 Å². The molecule has 0 aromatic heterocycles. The lowest BCUT2D eigenvalue weighted by Crippen LogP contribution is -2.52. The number of carbonyl (C=O) groups excluding carboxylic acids is 2. The van der Waals surface area contributed by atoms with Gasteiger partial charge in [0.15, 0.2) is 0 Å². The summed E-state index contributed by atoms with van der Waals surface area (Å²) in [6, 6.07) is 13.4. The first kappa shape index (κ1) is 24.0. The molecule has 174 valence electrons. The summed E-state index contributed by atoms with van der Waals surface area (Å²) in [7, 11) is 0. The molecule has 4 N–H and O–H groups in total. The average molecular weight is 453 g/mol. The van der Waals surface area contributed by atoms with Crippen molar-refractivity contribution >= 4 is 18.0 Å². The highest BCUT2D eigenvalue weighted by Gasteiger charge is 2.30. The number of alkyl carbamates (subject to hydrolysis) is 1. The predicted molar refractivity (Wildman–Crippen MR) is 123 cm³/mol. The molecule has 0 radical (unpaired) electrons. The predicted octanol–water partition coefficient (Wildman–Crippen LogP) is 2.81. The van der Waals surface area contributed by atoms with Gasteiger partial charge in [0.2, 0.25) is 5.91 Å². The van der Waals surface area contributed by atoms with Crippen molar-refractivity contribution in [2.45, 2.75) is 38.3 Å². The molecule has 1 aliphatic rings. The number of aliphatic hydroxyl groups excluding tert-OH is 1. The number of ether oxygens (including phenoxy) is 1. The van der Waals surface area contributed by atoms with Gasteiger partial charge in [-0.15, -0.1) is 0 Å². The summed E-state index contributed by atoms with van der Waals surface area (Å²) in [5.41, 5.74) is 5.27. The number of fused-ring (bicyclic) bond motifs is 3. The summed E-state index contributed by atoms with van der Waals surface area (Å²) < 4.78 is 5.49. The van der Waals surface area contributed by atoms with Crippen LogP contribution in [0.3, 0.4) is 0 Å². The number of allylic oxidation sites excluding steroid dienone is 1. The number of carboxylic acids is 1. The van der Waals surface area contributed by atoms with Crippen molar-refractivity contribution in [3.63, 3.8) is 0 Å². The van der Waals surface area contributed by atoms with Crippen molar-refractivity contribution in [1.29, 1.82) is 0 Å². The van der Waals surface area contributed by atoms with Crippen molar-refractivity contribution in [3.05, 3.63) is 71.3 Å². The number of hydrogen-bond donors (Lipinski definition) is 4. The average Bonchev–Trinajstić information content (AvgIpc) is 3.12. The van der Waals surface area contributed by atoms with E-state index in [-0.39, 0.29) is 18.9 Å². The Kier molecular flexibility index (Phi) is 7.84. The van der Waals surface area contributed by atoms with Crippen LogP contribution < -0.4 is 10.6 Å². The van der Waals surface area contributed by atoms with Crippen LogP contribution in [0, 0.1) is 0 Å². The van der Waals surface area contributed by atoms with Crippen molar-refractivity contribution in [2.75, 3.05) is 13.2 Å². The molecule has 1 aliphatic carbocycles. The normalized spacial score (nSPS) is 13.8. The van der Waals surface area contributed by atoms with E-state index in [2.05, 4.69) is 10.6 Å². The standard InChI is InChI=1S/C25H28N2O6/c1-15(2)11-12-21(23(29)26-22(13-28)24(30)31)27-25(32)33-14-20-18-9-5-3-7-16(18)17-8-4-6-10-19(17)20/h3-11,20-22,28H,12-14H2,1-2H3,(H,26,29)(H,27,32)(H,30,31)/t21?,22-/m1/s1. The van der Waals surface area contributed by atoms with Gasteiger partial charge in [0.05, 0.1) is 6.61 Å². The van der Waals surface area contributed by atoms with E-state index in [1.165, 1.54) is 0 Å². The summed E-state index contributed by atoms with van der Waals surface area (Å²) in [4.78, 5) is 36.3. The minimum Gasteiger partial charge on any atom is -0.480 e. The monoisotopic (exact) mass is 452 g/mol. The largest absolute Gasteiger partial charge is 0.480 e. The molecule has 0 saturated heterocycles. The smallest absolute Gasteiger partial charge is 0.407 e. The molecule has 2 amide bonds. The number of aliphatic carboxylic acids is 1. The van der Waals surface area contributed by atoms with Gasteiger partial charge >= 0.3 is 12.1 Å². The molecule has 0 fully saturated rings. The fourth-order valence-electron chi connectivity index (χ4n) is 3.83. The highest BCUT2D eigenvalue weighted by atomic mass is 16.5. The van der Waals surface area contributed by atoms with Gasteiger partial charge in [0.1, 0.15) is 18.7 Å². The molecule has 8 heteroatoms. The number of benzene rings is 2. The van der Waals surface area contributed by atoms with E-state index in [0.29, 0.717) is 0 Å². The van der Waals surface area contributed by atoms with Gasteiger partial charge in [0.25, 0.3) is 0 Å². The Hall–Kier alpha value is -3.65. The molecular weight excluding hydrogens is 424 g/mol. The Balaban J connectivity index is 1.68. The van der Waals surface area contributed by atoms with Crippen LogP contribution in [0.5, 0.6) is 0 Å². The Bertz CT molecular complexity index is 1010. The van der Waals surface area contributed by atoms with Crippen molar-refractivity contribution < 1.29 is 29.3 Å². The van der Waals surface area contributed by atoms with Crippen molar-refractivity contribution in [2.24, 2.45) is 0 Å². The van der Waals surface area contributed by atoms with Gasteiger partial charge in [-0.25, -0.2) is 9.59 Å². The quantitative estimate of drug-likeness (QED) is 0.434. The number of nitrogens with one attached hydrogen (secondary N) is 2. The molecule has 2 aromatic carbocycles. The molecule has 8 nitrogen and oxygen atoms in total. The highest BCUT2D eigenvalue weighted by Crippen LogP contribution is 2.44. The van der Waals surface area contributed by atoms with E-state index < -0.39 is 36.7 Å².